The second kappa shape index (κ2) is 7.65. The summed E-state index contributed by atoms with van der Waals surface area (Å²) in [5.41, 5.74) is 5.32. The number of benzene rings is 2. The fraction of sp³-hybridized carbons (Fsp3) is 0.368. The van der Waals surface area contributed by atoms with Crippen LogP contribution in [0.4, 0.5) is 0 Å². The number of hydrogen-bond acceptors (Lipinski definition) is 1. The van der Waals surface area contributed by atoms with Gasteiger partial charge in [0.15, 0.2) is 0 Å². The van der Waals surface area contributed by atoms with Crippen molar-refractivity contribution in [3.63, 3.8) is 0 Å². The zero-order valence-corrected chi connectivity index (χ0v) is 14.6. The van der Waals surface area contributed by atoms with Crippen LogP contribution in [0.1, 0.15) is 22.3 Å². The van der Waals surface area contributed by atoms with Crippen LogP contribution in [0.2, 0.25) is 0 Å². The Labute approximate surface area is 136 Å². The summed E-state index contributed by atoms with van der Waals surface area (Å²) in [5.74, 6) is 1.57. The molecule has 0 saturated carbocycles. The third-order valence-corrected chi connectivity index (χ3v) is 4.69. The van der Waals surface area contributed by atoms with Gasteiger partial charge in [0.05, 0.1) is 7.11 Å². The smallest absolute Gasteiger partial charge is 0.122 e. The molecule has 1 atom stereocenters. The predicted molar refractivity (Wildman–Crippen MR) is 93.6 cm³/mol. The van der Waals surface area contributed by atoms with E-state index in [2.05, 4.69) is 72.2 Å². The fourth-order valence-electron chi connectivity index (χ4n) is 2.73. The van der Waals surface area contributed by atoms with E-state index >= 15 is 0 Å². The molecule has 0 saturated heterocycles. The number of rotatable bonds is 6. The number of hydrogen-bond donors (Lipinski definition) is 0. The molecule has 0 bridgehead atoms. The van der Waals surface area contributed by atoms with Crippen LogP contribution in [0.5, 0.6) is 5.75 Å². The van der Waals surface area contributed by atoms with Gasteiger partial charge < -0.3 is 4.74 Å². The lowest BCUT2D eigenvalue weighted by Gasteiger charge is -2.17. The highest BCUT2D eigenvalue weighted by Gasteiger charge is 2.13. The molecule has 0 N–H and O–H groups in total. The normalized spacial score (nSPS) is 12.2. The first kappa shape index (κ1) is 16.1. The van der Waals surface area contributed by atoms with Crippen LogP contribution in [0, 0.1) is 19.8 Å². The van der Waals surface area contributed by atoms with Gasteiger partial charge in [-0.2, -0.15) is 0 Å². The zero-order valence-electron chi connectivity index (χ0n) is 13.0. The van der Waals surface area contributed by atoms with Crippen molar-refractivity contribution in [2.45, 2.75) is 26.7 Å². The highest BCUT2D eigenvalue weighted by molar-refractivity contribution is 9.09. The van der Waals surface area contributed by atoms with Crippen LogP contribution in [-0.2, 0) is 12.8 Å². The van der Waals surface area contributed by atoms with Crippen LogP contribution >= 0.6 is 15.9 Å². The average molecular weight is 347 g/mol. The highest BCUT2D eigenvalue weighted by atomic mass is 79.9. The molecule has 0 radical (unpaired) electrons. The molecule has 0 aliphatic rings. The molecule has 2 aromatic carbocycles. The number of ether oxygens (including phenoxy) is 1. The third-order valence-electron chi connectivity index (χ3n) is 3.77. The molecule has 112 valence electrons. The van der Waals surface area contributed by atoms with Crippen LogP contribution < -0.4 is 4.74 Å². The Hall–Kier alpha value is -1.28. The predicted octanol–water partition coefficient (Wildman–Crippen LogP) is 5.11. The van der Waals surface area contributed by atoms with Gasteiger partial charge in [-0.1, -0.05) is 63.5 Å². The van der Waals surface area contributed by atoms with Crippen LogP contribution in [0.25, 0.3) is 0 Å². The Morgan fingerprint density at radius 3 is 2.43 bits per heavy atom. The molecular weight excluding hydrogens is 324 g/mol. The van der Waals surface area contributed by atoms with Crippen molar-refractivity contribution in [3.05, 3.63) is 64.7 Å². The second-order valence-electron chi connectivity index (χ2n) is 5.73. The van der Waals surface area contributed by atoms with Crippen molar-refractivity contribution in [3.8, 4) is 5.75 Å². The van der Waals surface area contributed by atoms with E-state index in [1.807, 2.05) is 0 Å². The second-order valence-corrected chi connectivity index (χ2v) is 6.38. The lowest BCUT2D eigenvalue weighted by atomic mass is 9.92. The van der Waals surface area contributed by atoms with Crippen molar-refractivity contribution in [1.82, 2.24) is 0 Å². The summed E-state index contributed by atoms with van der Waals surface area (Å²) >= 11 is 3.67. The van der Waals surface area contributed by atoms with E-state index in [9.17, 15) is 0 Å². The molecule has 0 aliphatic carbocycles. The van der Waals surface area contributed by atoms with E-state index in [0.29, 0.717) is 5.92 Å². The molecule has 0 spiro atoms. The lowest BCUT2D eigenvalue weighted by molar-refractivity contribution is 0.405. The van der Waals surface area contributed by atoms with Gasteiger partial charge >= 0.3 is 0 Å². The van der Waals surface area contributed by atoms with Gasteiger partial charge in [-0.25, -0.2) is 0 Å². The Balaban J connectivity index is 2.14. The highest BCUT2D eigenvalue weighted by Crippen LogP contribution is 2.25. The summed E-state index contributed by atoms with van der Waals surface area (Å²) in [4.78, 5) is 0. The minimum Gasteiger partial charge on any atom is -0.496 e. The Bertz CT molecular complexity index is 592. The van der Waals surface area contributed by atoms with Gasteiger partial charge in [-0.3, -0.25) is 0 Å². The standard InChI is InChI=1S/C19H23BrO/c1-14-5-4-6-16(9-14)11-17(13-20)12-18-10-15(2)7-8-19(18)21-3/h4-10,17H,11-13H2,1-3H3. The zero-order chi connectivity index (χ0) is 15.2. The number of halogens is 1. The molecule has 21 heavy (non-hydrogen) atoms. The molecule has 0 fully saturated rings. The molecule has 2 rings (SSSR count). The van der Waals surface area contributed by atoms with Crippen LogP contribution in [0.3, 0.4) is 0 Å². The summed E-state index contributed by atoms with van der Waals surface area (Å²) in [6.45, 7) is 4.28. The molecule has 2 aromatic rings. The van der Waals surface area contributed by atoms with E-state index < -0.39 is 0 Å². The first-order valence-corrected chi connectivity index (χ1v) is 8.49. The quantitative estimate of drug-likeness (QED) is 0.660. The van der Waals surface area contributed by atoms with Crippen molar-refractivity contribution >= 4 is 15.9 Å². The Morgan fingerprint density at radius 1 is 1.00 bits per heavy atom. The van der Waals surface area contributed by atoms with Crippen molar-refractivity contribution in [2.75, 3.05) is 12.4 Å². The number of aryl methyl sites for hydroxylation is 2. The van der Waals surface area contributed by atoms with E-state index in [0.717, 1.165) is 23.9 Å². The summed E-state index contributed by atoms with van der Waals surface area (Å²) in [6.07, 6.45) is 2.12. The van der Waals surface area contributed by atoms with Gasteiger partial charge in [-0.15, -0.1) is 0 Å². The summed E-state index contributed by atoms with van der Waals surface area (Å²) in [7, 11) is 1.75. The summed E-state index contributed by atoms with van der Waals surface area (Å²) in [6, 6.07) is 15.2. The first-order chi connectivity index (χ1) is 10.1. The minimum absolute atomic E-state index is 0.572. The van der Waals surface area contributed by atoms with Gasteiger partial charge in [0, 0.05) is 5.33 Å². The molecule has 1 unspecified atom stereocenters. The van der Waals surface area contributed by atoms with Crippen molar-refractivity contribution in [2.24, 2.45) is 5.92 Å². The van der Waals surface area contributed by atoms with Crippen LogP contribution in [-0.4, -0.2) is 12.4 Å². The molecule has 0 heterocycles. The first-order valence-electron chi connectivity index (χ1n) is 7.37. The van der Waals surface area contributed by atoms with Gasteiger partial charge in [0.2, 0.25) is 0 Å². The monoisotopic (exact) mass is 346 g/mol. The molecule has 0 aromatic heterocycles. The third kappa shape index (κ3) is 4.60. The Morgan fingerprint density at radius 2 is 1.76 bits per heavy atom. The van der Waals surface area contributed by atoms with Gasteiger partial charge in [-0.05, 0) is 49.8 Å². The van der Waals surface area contributed by atoms with Gasteiger partial charge in [0.1, 0.15) is 5.75 Å². The van der Waals surface area contributed by atoms with Crippen molar-refractivity contribution in [1.29, 1.82) is 0 Å². The van der Waals surface area contributed by atoms with Gasteiger partial charge in [0.25, 0.3) is 0 Å². The summed E-state index contributed by atoms with van der Waals surface area (Å²) in [5, 5.41) is 0.998. The van der Waals surface area contributed by atoms with E-state index in [4.69, 9.17) is 4.74 Å². The average Bonchev–Trinajstić information content (AvgIpc) is 2.47. The Kier molecular flexibility index (Phi) is 5.86. The maximum atomic E-state index is 5.50. The molecule has 0 amide bonds. The lowest BCUT2D eigenvalue weighted by Crippen LogP contribution is -2.11. The SMILES string of the molecule is COc1ccc(C)cc1CC(CBr)Cc1cccc(C)c1. The molecule has 2 heteroatoms. The minimum atomic E-state index is 0.572. The number of alkyl halides is 1. The maximum absolute atomic E-state index is 5.50. The molecular formula is C19H23BrO. The maximum Gasteiger partial charge on any atom is 0.122 e. The fourth-order valence-corrected chi connectivity index (χ4v) is 3.19. The van der Waals surface area contributed by atoms with Crippen LogP contribution in [0.15, 0.2) is 42.5 Å². The van der Waals surface area contributed by atoms with E-state index in [1.165, 1.54) is 22.3 Å². The number of methoxy groups -OCH3 is 1. The largest absolute Gasteiger partial charge is 0.496 e. The van der Waals surface area contributed by atoms with E-state index in [-0.39, 0.29) is 0 Å². The molecule has 1 nitrogen and oxygen atoms in total. The molecule has 0 aliphatic heterocycles. The van der Waals surface area contributed by atoms with E-state index in [1.54, 1.807) is 7.11 Å². The topological polar surface area (TPSA) is 9.23 Å². The summed E-state index contributed by atoms with van der Waals surface area (Å²) < 4.78 is 5.50. The van der Waals surface area contributed by atoms with Crippen molar-refractivity contribution < 1.29 is 4.74 Å².